The second-order valence-corrected chi connectivity index (χ2v) is 8.99. The molecule has 2 atom stereocenters. The molecule has 3 N–H and O–H groups in total. The van der Waals surface area contributed by atoms with Crippen LogP contribution in [0.15, 0.2) is 59.6 Å². The van der Waals surface area contributed by atoms with Gasteiger partial charge in [0.05, 0.1) is 17.4 Å². The van der Waals surface area contributed by atoms with E-state index in [9.17, 15) is 14.7 Å². The van der Waals surface area contributed by atoms with Crippen molar-refractivity contribution in [1.29, 1.82) is 0 Å². The Kier molecular flexibility index (Phi) is 9.14. The van der Waals surface area contributed by atoms with Gasteiger partial charge in [0.1, 0.15) is 6.04 Å². The zero-order valence-corrected chi connectivity index (χ0v) is 19.7. The van der Waals surface area contributed by atoms with Crippen LogP contribution in [-0.4, -0.2) is 40.3 Å². The molecule has 6 heteroatoms. The highest BCUT2D eigenvalue weighted by Crippen LogP contribution is 2.22. The van der Waals surface area contributed by atoms with Crippen molar-refractivity contribution in [3.8, 4) is 0 Å². The third-order valence-electron chi connectivity index (χ3n) is 4.93. The van der Waals surface area contributed by atoms with Crippen LogP contribution in [0.3, 0.4) is 0 Å². The Morgan fingerprint density at radius 2 is 1.66 bits per heavy atom. The van der Waals surface area contributed by atoms with E-state index in [1.807, 2.05) is 89.2 Å². The first-order valence-electron chi connectivity index (χ1n) is 11.2. The van der Waals surface area contributed by atoms with E-state index >= 15 is 0 Å². The van der Waals surface area contributed by atoms with E-state index in [-0.39, 0.29) is 11.4 Å². The molecular weight excluding hydrogens is 402 g/mol. The molecule has 0 aliphatic rings. The second kappa shape index (κ2) is 11.6. The molecule has 0 aromatic heterocycles. The Hall–Kier alpha value is -2.99. The first-order valence-corrected chi connectivity index (χ1v) is 11.2. The summed E-state index contributed by atoms with van der Waals surface area (Å²) in [6.07, 6.45) is 2.13. The van der Waals surface area contributed by atoms with Gasteiger partial charge in [-0.15, -0.1) is 0 Å². The summed E-state index contributed by atoms with van der Waals surface area (Å²) in [6, 6.07) is 15.6. The molecule has 0 bridgehead atoms. The van der Waals surface area contributed by atoms with Gasteiger partial charge in [0.2, 0.25) is 5.91 Å². The minimum absolute atomic E-state index is 0.166. The largest absolute Gasteiger partial charge is 0.480 e. The van der Waals surface area contributed by atoms with E-state index in [1.54, 1.807) is 0 Å². The molecule has 1 amide bonds. The topological polar surface area (TPSA) is 90.8 Å². The second-order valence-electron chi connectivity index (χ2n) is 8.99. The predicted molar refractivity (Wildman–Crippen MR) is 130 cm³/mol. The average molecular weight is 438 g/mol. The third kappa shape index (κ3) is 7.61. The number of nitrogens with zero attached hydrogens (tertiary/aromatic N) is 1. The molecule has 32 heavy (non-hydrogen) atoms. The lowest BCUT2D eigenvalue weighted by molar-refractivity contribution is -0.138. The molecule has 2 aromatic carbocycles. The van der Waals surface area contributed by atoms with Crippen molar-refractivity contribution in [2.24, 2.45) is 4.99 Å². The van der Waals surface area contributed by atoms with Gasteiger partial charge < -0.3 is 15.7 Å². The van der Waals surface area contributed by atoms with Gasteiger partial charge >= 0.3 is 5.97 Å². The van der Waals surface area contributed by atoms with Gasteiger partial charge in [-0.2, -0.15) is 0 Å². The van der Waals surface area contributed by atoms with Crippen molar-refractivity contribution < 1.29 is 14.7 Å². The summed E-state index contributed by atoms with van der Waals surface area (Å²) in [4.78, 5) is 29.4. The maximum absolute atomic E-state index is 12.9. The number of rotatable bonds is 10. The summed E-state index contributed by atoms with van der Waals surface area (Å²) in [5.74, 6) is -1.11. The smallest absolute Gasteiger partial charge is 0.328 e. The average Bonchev–Trinajstić information content (AvgIpc) is 2.74. The highest BCUT2D eigenvalue weighted by molar-refractivity contribution is 6.17. The molecule has 0 unspecified atom stereocenters. The minimum atomic E-state index is -0.948. The van der Waals surface area contributed by atoms with E-state index in [4.69, 9.17) is 0 Å². The number of anilines is 1. The van der Waals surface area contributed by atoms with Crippen LogP contribution in [0.25, 0.3) is 0 Å². The number of hydrogen-bond acceptors (Lipinski definition) is 4. The van der Waals surface area contributed by atoms with Gasteiger partial charge in [0.25, 0.3) is 0 Å². The summed E-state index contributed by atoms with van der Waals surface area (Å²) in [5.41, 5.74) is 2.44. The fourth-order valence-corrected chi connectivity index (χ4v) is 3.45. The van der Waals surface area contributed by atoms with Gasteiger partial charge in [-0.25, -0.2) is 4.79 Å². The molecule has 0 radical (unpaired) electrons. The number of carbonyl (C=O) groups excluding carboxylic acids is 1. The number of aliphatic carboxylic acids is 1. The van der Waals surface area contributed by atoms with E-state index in [2.05, 4.69) is 15.6 Å². The van der Waals surface area contributed by atoms with Gasteiger partial charge in [-0.05, 0) is 40.2 Å². The zero-order valence-electron chi connectivity index (χ0n) is 19.7. The molecule has 2 aromatic rings. The maximum atomic E-state index is 12.9. The normalized spacial score (nSPS) is 14.0. The summed E-state index contributed by atoms with van der Waals surface area (Å²) in [5, 5.41) is 16.0. The SMILES string of the molecule is CCCC[C@H](N=C(c1ccccc1)c1ccccc1NC(=O)[C@H](C)NC(C)(C)C)C(=O)O. The van der Waals surface area contributed by atoms with Crippen LogP contribution in [0, 0.1) is 0 Å². The van der Waals surface area contributed by atoms with Crippen molar-refractivity contribution in [3.63, 3.8) is 0 Å². The van der Waals surface area contributed by atoms with Gasteiger partial charge in [-0.3, -0.25) is 9.79 Å². The summed E-state index contributed by atoms with van der Waals surface area (Å²) >= 11 is 0. The molecular formula is C26H35N3O3. The van der Waals surface area contributed by atoms with Crippen LogP contribution < -0.4 is 10.6 Å². The molecule has 0 aliphatic carbocycles. The Balaban J connectivity index is 2.48. The zero-order chi connectivity index (χ0) is 23.7. The molecule has 0 saturated heterocycles. The van der Waals surface area contributed by atoms with E-state index in [0.29, 0.717) is 23.4 Å². The lowest BCUT2D eigenvalue weighted by Crippen LogP contribution is -2.48. The molecule has 0 fully saturated rings. The first-order chi connectivity index (χ1) is 15.1. The minimum Gasteiger partial charge on any atom is -0.480 e. The van der Waals surface area contributed by atoms with Crippen LogP contribution in [-0.2, 0) is 9.59 Å². The first kappa shape index (κ1) is 25.3. The lowest BCUT2D eigenvalue weighted by atomic mass is 9.99. The number of carbonyl (C=O) groups is 2. The molecule has 0 heterocycles. The van der Waals surface area contributed by atoms with E-state index in [1.165, 1.54) is 0 Å². The summed E-state index contributed by atoms with van der Waals surface area (Å²) in [7, 11) is 0. The van der Waals surface area contributed by atoms with E-state index < -0.39 is 18.1 Å². The Bertz CT molecular complexity index is 933. The highest BCUT2D eigenvalue weighted by Gasteiger charge is 2.23. The van der Waals surface area contributed by atoms with Crippen LogP contribution >= 0.6 is 0 Å². The number of benzene rings is 2. The Morgan fingerprint density at radius 1 is 1.03 bits per heavy atom. The Morgan fingerprint density at radius 3 is 2.25 bits per heavy atom. The summed E-state index contributed by atoms with van der Waals surface area (Å²) < 4.78 is 0. The van der Waals surface area contributed by atoms with E-state index in [0.717, 1.165) is 18.4 Å². The Labute approximate surface area is 191 Å². The van der Waals surface area contributed by atoms with Crippen molar-refractivity contribution in [1.82, 2.24) is 5.32 Å². The lowest BCUT2D eigenvalue weighted by Gasteiger charge is -2.25. The molecule has 2 rings (SSSR count). The number of amides is 1. The number of hydrogen-bond donors (Lipinski definition) is 3. The number of carboxylic acids is 1. The quantitative estimate of drug-likeness (QED) is 0.462. The van der Waals surface area contributed by atoms with Gasteiger partial charge in [-0.1, -0.05) is 68.3 Å². The standard InChI is InChI=1S/C26H35N3O3/c1-6-7-16-22(25(31)32)27-23(19-13-9-8-10-14-19)20-15-11-12-17-21(20)28-24(30)18(2)29-26(3,4)5/h8-15,17-18,22,29H,6-7,16H2,1-5H3,(H,28,30)(H,31,32)/t18-,22-/m0/s1. The van der Waals surface area contributed by atoms with Crippen LogP contribution in [0.4, 0.5) is 5.69 Å². The maximum Gasteiger partial charge on any atom is 0.328 e. The van der Waals surface area contributed by atoms with Crippen molar-refractivity contribution in [3.05, 3.63) is 65.7 Å². The van der Waals surface area contributed by atoms with Crippen molar-refractivity contribution in [2.45, 2.75) is 71.5 Å². The molecule has 172 valence electrons. The number of carboxylic acid groups (broad SMARTS) is 1. The number of nitrogens with one attached hydrogen (secondary N) is 2. The van der Waals surface area contributed by atoms with Crippen molar-refractivity contribution >= 4 is 23.3 Å². The molecule has 0 aliphatic heterocycles. The monoisotopic (exact) mass is 437 g/mol. The highest BCUT2D eigenvalue weighted by atomic mass is 16.4. The third-order valence-corrected chi connectivity index (χ3v) is 4.93. The molecule has 0 saturated carbocycles. The fraction of sp³-hybridized carbons (Fsp3) is 0.423. The van der Waals surface area contributed by atoms with Crippen LogP contribution in [0.2, 0.25) is 0 Å². The number of aliphatic imine (C=N–C) groups is 1. The summed E-state index contributed by atoms with van der Waals surface area (Å²) in [6.45, 7) is 9.87. The van der Waals surface area contributed by atoms with Crippen molar-refractivity contribution in [2.75, 3.05) is 5.32 Å². The fourth-order valence-electron chi connectivity index (χ4n) is 3.45. The number of unbranched alkanes of at least 4 members (excludes halogenated alkanes) is 1. The van der Waals surface area contributed by atoms with Gasteiger partial charge in [0, 0.05) is 16.7 Å². The molecule has 0 spiro atoms. The predicted octanol–water partition coefficient (Wildman–Crippen LogP) is 4.88. The van der Waals surface area contributed by atoms with Gasteiger partial charge in [0.15, 0.2) is 0 Å². The number of para-hydroxylation sites is 1. The van der Waals surface area contributed by atoms with Crippen LogP contribution in [0.1, 0.15) is 65.0 Å². The molecule has 6 nitrogen and oxygen atoms in total. The van der Waals surface area contributed by atoms with Crippen LogP contribution in [0.5, 0.6) is 0 Å².